The van der Waals surface area contributed by atoms with Crippen molar-refractivity contribution >= 4 is 0 Å². The van der Waals surface area contributed by atoms with Gasteiger partial charge in [0.25, 0.3) is 0 Å². The molecule has 0 radical (unpaired) electrons. The predicted molar refractivity (Wildman–Crippen MR) is 135 cm³/mol. The Morgan fingerprint density at radius 1 is 0.788 bits per heavy atom. The molecule has 2 heteroatoms. The topological polar surface area (TPSA) is 16.8 Å². The van der Waals surface area contributed by atoms with Crippen LogP contribution in [0.15, 0.2) is 66.9 Å². The number of hydrogen-bond donors (Lipinski definition) is 0. The molecule has 6 rings (SSSR count). The third-order valence-electron chi connectivity index (χ3n) is 7.92. The zero-order valence-corrected chi connectivity index (χ0v) is 20.1. The Morgan fingerprint density at radius 3 is 2.27 bits per heavy atom. The maximum absolute atomic E-state index is 5.16. The lowest BCUT2D eigenvalue weighted by Crippen LogP contribution is -2.32. The number of benzene rings is 2. The molecule has 0 aliphatic heterocycles. The average Bonchev–Trinajstić information content (AvgIpc) is 3.40. The summed E-state index contributed by atoms with van der Waals surface area (Å²) in [5.74, 6) is 0. The molecule has 1 spiro atoms. The van der Waals surface area contributed by atoms with Crippen molar-refractivity contribution in [1.29, 1.82) is 0 Å². The Labute approximate surface area is 197 Å². The third kappa shape index (κ3) is 3.00. The normalized spacial score (nSPS) is 15.6. The molecule has 0 atom stereocenters. The monoisotopic (exact) mass is 431 g/mol. The van der Waals surface area contributed by atoms with Gasteiger partial charge in [-0.2, -0.15) is 0 Å². The van der Waals surface area contributed by atoms with Crippen LogP contribution in [-0.4, -0.2) is 4.98 Å². The molecule has 0 N–H and O–H groups in total. The van der Waals surface area contributed by atoms with Crippen molar-refractivity contribution in [2.75, 3.05) is 0 Å². The Hall–Kier alpha value is -3.26. The highest BCUT2D eigenvalue weighted by molar-refractivity contribution is 5.88. The molecule has 2 aromatic heterocycles. The van der Waals surface area contributed by atoms with E-state index in [2.05, 4.69) is 99.2 Å². The van der Waals surface area contributed by atoms with Gasteiger partial charge in [-0.1, -0.05) is 60.9 Å². The Balaban J connectivity index is 1.63. The minimum absolute atomic E-state index is 0.0465. The molecule has 1 saturated carbocycles. The number of aryl methyl sites for hydroxylation is 4. The Bertz CT molecular complexity index is 1390. The van der Waals surface area contributed by atoms with E-state index in [0.717, 1.165) is 5.69 Å². The van der Waals surface area contributed by atoms with E-state index >= 15 is 0 Å². The molecule has 4 aromatic rings. The number of nitrogens with zero attached hydrogens (tertiary/aromatic N) is 2. The number of fused-ring (bicyclic) bond motifs is 5. The van der Waals surface area contributed by atoms with Gasteiger partial charge in [0.05, 0.1) is 11.3 Å². The molecule has 0 amide bonds. The lowest BCUT2D eigenvalue weighted by atomic mass is 9.75. The van der Waals surface area contributed by atoms with Crippen molar-refractivity contribution in [2.24, 2.45) is 7.05 Å². The van der Waals surface area contributed by atoms with Crippen LogP contribution in [0, 0.1) is 20.8 Å². The van der Waals surface area contributed by atoms with Crippen molar-refractivity contribution in [3.63, 3.8) is 0 Å². The largest absolute Gasteiger partial charge is 0.257 e. The zero-order chi connectivity index (χ0) is 22.7. The fourth-order valence-electron chi connectivity index (χ4n) is 6.22. The fraction of sp³-hybridized carbons (Fsp3) is 0.290. The highest BCUT2D eigenvalue weighted by Crippen LogP contribution is 2.59. The maximum atomic E-state index is 5.16. The molecule has 33 heavy (non-hydrogen) atoms. The van der Waals surface area contributed by atoms with E-state index in [-0.39, 0.29) is 5.41 Å². The molecule has 1 fully saturated rings. The highest BCUT2D eigenvalue weighted by Gasteiger charge is 2.49. The molecule has 0 unspecified atom stereocenters. The first-order valence-corrected chi connectivity index (χ1v) is 12.2. The predicted octanol–water partition coefficient (Wildman–Crippen LogP) is 7.01. The summed E-state index contributed by atoms with van der Waals surface area (Å²) >= 11 is 0. The smallest absolute Gasteiger partial charge is 0.213 e. The summed E-state index contributed by atoms with van der Waals surface area (Å²) in [5, 5.41) is 0. The third-order valence-corrected chi connectivity index (χ3v) is 7.92. The lowest BCUT2D eigenvalue weighted by Gasteiger charge is -2.28. The number of aromatic nitrogens is 2. The summed E-state index contributed by atoms with van der Waals surface area (Å²) in [6, 6.07) is 22.6. The maximum Gasteiger partial charge on any atom is 0.213 e. The van der Waals surface area contributed by atoms with Gasteiger partial charge in [0.1, 0.15) is 7.05 Å². The second-order valence-corrected chi connectivity index (χ2v) is 10.1. The van der Waals surface area contributed by atoms with Gasteiger partial charge >= 0.3 is 0 Å². The summed E-state index contributed by atoms with van der Waals surface area (Å²) in [4.78, 5) is 5.16. The highest BCUT2D eigenvalue weighted by atomic mass is 14.9. The summed E-state index contributed by atoms with van der Waals surface area (Å²) in [7, 11) is 2.18. The molecular weight excluding hydrogens is 400 g/mol. The molecule has 2 aliphatic carbocycles. The Kier molecular flexibility index (Phi) is 4.55. The molecule has 2 heterocycles. The van der Waals surface area contributed by atoms with Crippen molar-refractivity contribution in [2.45, 2.75) is 51.9 Å². The second kappa shape index (κ2) is 7.38. The minimum atomic E-state index is 0.0465. The van der Waals surface area contributed by atoms with Crippen LogP contribution in [0.3, 0.4) is 0 Å². The molecule has 0 bridgehead atoms. The van der Waals surface area contributed by atoms with Crippen molar-refractivity contribution < 1.29 is 4.57 Å². The van der Waals surface area contributed by atoms with Gasteiger partial charge in [-0.05, 0) is 67.5 Å². The van der Waals surface area contributed by atoms with E-state index in [1.54, 1.807) is 0 Å². The quantitative estimate of drug-likeness (QED) is 0.312. The van der Waals surface area contributed by atoms with Gasteiger partial charge in [0.15, 0.2) is 6.20 Å². The molecule has 164 valence electrons. The molecule has 2 aliphatic rings. The van der Waals surface area contributed by atoms with Gasteiger partial charge in [-0.15, -0.1) is 0 Å². The fourth-order valence-corrected chi connectivity index (χ4v) is 6.22. The molecule has 2 aromatic carbocycles. The molecule has 2 nitrogen and oxygen atoms in total. The number of pyridine rings is 2. The Morgan fingerprint density at radius 2 is 1.52 bits per heavy atom. The van der Waals surface area contributed by atoms with Crippen molar-refractivity contribution in [3.8, 4) is 33.5 Å². The van der Waals surface area contributed by atoms with Crippen LogP contribution in [0.1, 0.15) is 53.8 Å². The van der Waals surface area contributed by atoms with E-state index in [0.29, 0.717) is 0 Å². The van der Waals surface area contributed by atoms with Crippen LogP contribution in [0.5, 0.6) is 0 Å². The van der Waals surface area contributed by atoms with Crippen LogP contribution < -0.4 is 4.57 Å². The number of rotatable bonds is 2. The second-order valence-electron chi connectivity index (χ2n) is 10.1. The summed E-state index contributed by atoms with van der Waals surface area (Å²) < 4.78 is 2.30. The first-order chi connectivity index (χ1) is 16.0. The van der Waals surface area contributed by atoms with Gasteiger partial charge in [0, 0.05) is 28.8 Å². The van der Waals surface area contributed by atoms with Gasteiger partial charge in [0.2, 0.25) is 5.69 Å². The zero-order valence-electron chi connectivity index (χ0n) is 20.1. The van der Waals surface area contributed by atoms with Gasteiger partial charge in [-0.3, -0.25) is 4.98 Å². The summed E-state index contributed by atoms with van der Waals surface area (Å²) in [6.45, 7) is 6.55. The first-order valence-electron chi connectivity index (χ1n) is 12.2. The van der Waals surface area contributed by atoms with Crippen LogP contribution in [0.2, 0.25) is 0 Å². The lowest BCUT2D eigenvalue weighted by molar-refractivity contribution is -0.660. The molecule has 0 saturated heterocycles. The SMILES string of the molecule is Cc1ccc(-c2cc[n+](C)c(-c3c(C)ccc4c3C3(CCCC3)c3nc(C)ccc3-4)c2)cc1. The van der Waals surface area contributed by atoms with E-state index in [4.69, 9.17) is 4.98 Å². The first kappa shape index (κ1) is 20.4. The van der Waals surface area contributed by atoms with Crippen LogP contribution in [0.25, 0.3) is 33.5 Å². The van der Waals surface area contributed by atoms with Crippen molar-refractivity contribution in [1.82, 2.24) is 4.98 Å². The van der Waals surface area contributed by atoms with E-state index in [9.17, 15) is 0 Å². The van der Waals surface area contributed by atoms with Crippen LogP contribution >= 0.6 is 0 Å². The number of hydrogen-bond acceptors (Lipinski definition) is 1. The van der Waals surface area contributed by atoms with Crippen molar-refractivity contribution in [3.05, 3.63) is 94.9 Å². The minimum Gasteiger partial charge on any atom is -0.257 e. The van der Waals surface area contributed by atoms with E-state index < -0.39 is 0 Å². The summed E-state index contributed by atoms with van der Waals surface area (Å²) in [5.41, 5.74) is 14.6. The van der Waals surface area contributed by atoms with Gasteiger partial charge < -0.3 is 0 Å². The van der Waals surface area contributed by atoms with Gasteiger partial charge in [-0.25, -0.2) is 4.57 Å². The van der Waals surface area contributed by atoms with E-state index in [1.807, 2.05) is 0 Å². The van der Waals surface area contributed by atoms with Crippen LogP contribution in [0.4, 0.5) is 0 Å². The van der Waals surface area contributed by atoms with Crippen LogP contribution in [-0.2, 0) is 12.5 Å². The molecular formula is C31H31N2+. The van der Waals surface area contributed by atoms with E-state index in [1.165, 1.54) is 81.6 Å². The average molecular weight is 432 g/mol. The summed E-state index contributed by atoms with van der Waals surface area (Å²) in [6.07, 6.45) is 7.16. The standard InChI is InChI=1S/C31H31N2/c1-20-7-11-23(12-8-20)24-15-18-33(4)27(19-24)28-21(2)9-13-25-26-14-10-22(3)32-30(26)31(29(25)28)16-5-6-17-31/h7-15,18-19H,5-6,16-17H2,1-4H3/q+1.